The largest absolute Gasteiger partial charge is 0.420 e. The van der Waals surface area contributed by atoms with Crippen LogP contribution >= 0.6 is 0 Å². The molecule has 0 aliphatic heterocycles. The molecule has 24 heavy (non-hydrogen) atoms. The Hall–Kier alpha value is -3.42. The summed E-state index contributed by atoms with van der Waals surface area (Å²) in [6, 6.07) is 10.7. The average molecular weight is 323 g/mol. The maximum Gasteiger partial charge on any atom is 0.420 e. The second-order valence-electron chi connectivity index (χ2n) is 5.28. The Morgan fingerprint density at radius 3 is 3.04 bits per heavy atom. The molecule has 0 atom stereocenters. The molecule has 0 saturated carbocycles. The molecule has 0 bridgehead atoms. The van der Waals surface area contributed by atoms with Gasteiger partial charge in [0.2, 0.25) is 5.91 Å². The highest BCUT2D eigenvalue weighted by Crippen LogP contribution is 2.13. The molecular formula is C16H13N5O3. The van der Waals surface area contributed by atoms with Gasteiger partial charge in [0.05, 0.1) is 17.8 Å². The SMILES string of the molecule is O=C(Cn1c(=O)oc2ccccc21)NCc1[nH]nc2ncccc12. The Kier molecular flexibility index (Phi) is 3.34. The quantitative estimate of drug-likeness (QED) is 0.586. The summed E-state index contributed by atoms with van der Waals surface area (Å²) < 4.78 is 6.41. The molecule has 0 spiro atoms. The molecule has 0 aliphatic rings. The number of pyridine rings is 1. The van der Waals surface area contributed by atoms with Gasteiger partial charge >= 0.3 is 5.76 Å². The number of benzene rings is 1. The van der Waals surface area contributed by atoms with E-state index >= 15 is 0 Å². The number of hydrogen-bond acceptors (Lipinski definition) is 5. The molecule has 0 radical (unpaired) electrons. The first-order valence-corrected chi connectivity index (χ1v) is 7.35. The zero-order valence-electron chi connectivity index (χ0n) is 12.5. The van der Waals surface area contributed by atoms with Gasteiger partial charge in [-0.1, -0.05) is 12.1 Å². The number of carbonyl (C=O) groups excluding carboxylic acids is 1. The highest BCUT2D eigenvalue weighted by atomic mass is 16.4. The molecule has 1 amide bonds. The number of hydrogen-bond donors (Lipinski definition) is 2. The number of amides is 1. The molecule has 0 unspecified atom stereocenters. The maximum atomic E-state index is 12.2. The summed E-state index contributed by atoms with van der Waals surface area (Å²) >= 11 is 0. The highest BCUT2D eigenvalue weighted by Gasteiger charge is 2.13. The van der Waals surface area contributed by atoms with E-state index in [2.05, 4.69) is 20.5 Å². The van der Waals surface area contributed by atoms with Crippen LogP contribution in [0.2, 0.25) is 0 Å². The van der Waals surface area contributed by atoms with E-state index in [1.165, 1.54) is 4.57 Å². The van der Waals surface area contributed by atoms with Crippen molar-refractivity contribution in [1.82, 2.24) is 25.1 Å². The van der Waals surface area contributed by atoms with Crippen LogP contribution in [0.5, 0.6) is 0 Å². The summed E-state index contributed by atoms with van der Waals surface area (Å²) in [6.07, 6.45) is 1.65. The predicted octanol–water partition coefficient (Wildman–Crippen LogP) is 1.18. The number of carbonyl (C=O) groups is 1. The molecule has 2 N–H and O–H groups in total. The Morgan fingerprint density at radius 2 is 2.12 bits per heavy atom. The molecule has 0 fully saturated rings. The number of aromatic nitrogens is 4. The summed E-state index contributed by atoms with van der Waals surface area (Å²) in [5.74, 6) is -0.849. The van der Waals surface area contributed by atoms with Gasteiger partial charge in [0.25, 0.3) is 0 Å². The molecule has 8 heteroatoms. The van der Waals surface area contributed by atoms with Gasteiger partial charge in [-0.05, 0) is 24.3 Å². The average Bonchev–Trinajstić information content (AvgIpc) is 3.15. The number of oxazole rings is 1. The van der Waals surface area contributed by atoms with Gasteiger partial charge in [-0.3, -0.25) is 14.5 Å². The Balaban J connectivity index is 1.50. The Morgan fingerprint density at radius 1 is 1.25 bits per heavy atom. The van der Waals surface area contributed by atoms with Crippen molar-refractivity contribution < 1.29 is 9.21 Å². The number of rotatable bonds is 4. The van der Waals surface area contributed by atoms with Crippen LogP contribution in [0.25, 0.3) is 22.1 Å². The van der Waals surface area contributed by atoms with Gasteiger partial charge in [-0.15, -0.1) is 0 Å². The van der Waals surface area contributed by atoms with E-state index in [0.717, 1.165) is 11.1 Å². The second-order valence-corrected chi connectivity index (χ2v) is 5.28. The summed E-state index contributed by atoms with van der Waals surface area (Å²) in [5.41, 5.74) is 2.41. The summed E-state index contributed by atoms with van der Waals surface area (Å²) in [4.78, 5) is 28.2. The number of para-hydroxylation sites is 2. The van der Waals surface area contributed by atoms with E-state index in [1.54, 1.807) is 36.5 Å². The first-order chi connectivity index (χ1) is 11.7. The smallest absolute Gasteiger partial charge is 0.408 e. The number of fused-ring (bicyclic) bond motifs is 2. The van der Waals surface area contributed by atoms with Crippen LogP contribution in [0.15, 0.2) is 51.8 Å². The molecule has 8 nitrogen and oxygen atoms in total. The fourth-order valence-electron chi connectivity index (χ4n) is 2.59. The minimum atomic E-state index is -0.553. The number of nitrogens with zero attached hydrogens (tertiary/aromatic N) is 3. The van der Waals surface area contributed by atoms with Crippen LogP contribution in [0.1, 0.15) is 5.69 Å². The molecule has 3 heterocycles. The third kappa shape index (κ3) is 2.43. The van der Waals surface area contributed by atoms with Crippen molar-refractivity contribution in [2.75, 3.05) is 0 Å². The Bertz CT molecular complexity index is 1090. The molecule has 0 saturated heterocycles. The Labute approximate surface area is 135 Å². The monoisotopic (exact) mass is 323 g/mol. The fourth-order valence-corrected chi connectivity index (χ4v) is 2.59. The molecule has 3 aromatic heterocycles. The zero-order valence-corrected chi connectivity index (χ0v) is 12.5. The van der Waals surface area contributed by atoms with Crippen LogP contribution in [-0.4, -0.2) is 25.7 Å². The van der Waals surface area contributed by atoms with E-state index in [0.29, 0.717) is 16.7 Å². The van der Waals surface area contributed by atoms with Gasteiger partial charge in [-0.2, -0.15) is 5.10 Å². The molecular weight excluding hydrogens is 310 g/mol. The summed E-state index contributed by atoms with van der Waals surface area (Å²) in [7, 11) is 0. The van der Waals surface area contributed by atoms with Crippen LogP contribution in [0.3, 0.4) is 0 Å². The van der Waals surface area contributed by atoms with Crippen LogP contribution in [-0.2, 0) is 17.9 Å². The van der Waals surface area contributed by atoms with Crippen LogP contribution < -0.4 is 11.1 Å². The molecule has 4 rings (SSSR count). The fraction of sp³-hybridized carbons (Fsp3) is 0.125. The molecule has 4 aromatic rings. The van der Waals surface area contributed by atoms with Crippen molar-refractivity contribution in [3.8, 4) is 0 Å². The van der Waals surface area contributed by atoms with E-state index in [4.69, 9.17) is 4.42 Å². The van der Waals surface area contributed by atoms with E-state index < -0.39 is 5.76 Å². The lowest BCUT2D eigenvalue weighted by Crippen LogP contribution is -2.30. The third-order valence-electron chi connectivity index (χ3n) is 3.75. The zero-order chi connectivity index (χ0) is 16.5. The van der Waals surface area contributed by atoms with E-state index in [1.807, 2.05) is 6.07 Å². The lowest BCUT2D eigenvalue weighted by atomic mass is 10.2. The number of H-pyrrole nitrogens is 1. The van der Waals surface area contributed by atoms with Crippen LogP contribution in [0, 0.1) is 0 Å². The van der Waals surface area contributed by atoms with Crippen molar-refractivity contribution in [1.29, 1.82) is 0 Å². The molecule has 1 aromatic carbocycles. The van der Waals surface area contributed by atoms with Gasteiger partial charge in [0.15, 0.2) is 11.2 Å². The normalized spacial score (nSPS) is 11.2. The van der Waals surface area contributed by atoms with Gasteiger partial charge < -0.3 is 9.73 Å². The van der Waals surface area contributed by atoms with Crippen LogP contribution in [0.4, 0.5) is 0 Å². The maximum absolute atomic E-state index is 12.2. The molecule has 0 aliphatic carbocycles. The summed E-state index contributed by atoms with van der Waals surface area (Å²) in [5, 5.41) is 10.5. The lowest BCUT2D eigenvalue weighted by Gasteiger charge is -2.04. The standard InChI is InChI=1S/C16H13N5O3/c22-14(9-21-12-5-1-2-6-13(12)24-16(21)23)18-8-11-10-4-3-7-17-15(10)20-19-11/h1-7H,8-9H2,(H,18,22)(H,17,19,20). The number of aromatic amines is 1. The van der Waals surface area contributed by atoms with Crippen molar-refractivity contribution in [2.45, 2.75) is 13.1 Å². The topological polar surface area (TPSA) is 106 Å². The third-order valence-corrected chi connectivity index (χ3v) is 3.75. The minimum absolute atomic E-state index is 0.111. The van der Waals surface area contributed by atoms with Crippen molar-refractivity contribution in [3.63, 3.8) is 0 Å². The highest BCUT2D eigenvalue weighted by molar-refractivity contribution is 5.81. The van der Waals surface area contributed by atoms with Crippen molar-refractivity contribution in [2.24, 2.45) is 0 Å². The van der Waals surface area contributed by atoms with Crippen molar-refractivity contribution in [3.05, 3.63) is 58.8 Å². The molecule has 120 valence electrons. The van der Waals surface area contributed by atoms with E-state index in [-0.39, 0.29) is 19.0 Å². The van der Waals surface area contributed by atoms with Gasteiger partial charge in [-0.25, -0.2) is 9.78 Å². The second kappa shape index (κ2) is 5.65. The first kappa shape index (κ1) is 14.2. The minimum Gasteiger partial charge on any atom is -0.408 e. The summed E-state index contributed by atoms with van der Waals surface area (Å²) in [6.45, 7) is 0.158. The van der Waals surface area contributed by atoms with Gasteiger partial charge in [0.1, 0.15) is 6.54 Å². The van der Waals surface area contributed by atoms with Gasteiger partial charge in [0, 0.05) is 11.6 Å². The van der Waals surface area contributed by atoms with Crippen molar-refractivity contribution >= 4 is 28.0 Å². The van der Waals surface area contributed by atoms with E-state index in [9.17, 15) is 9.59 Å². The lowest BCUT2D eigenvalue weighted by molar-refractivity contribution is -0.121. The first-order valence-electron chi connectivity index (χ1n) is 7.35. The number of nitrogens with one attached hydrogen (secondary N) is 2. The predicted molar refractivity (Wildman–Crippen MR) is 86.2 cm³/mol.